The third-order valence-electron chi connectivity index (χ3n) is 8.21. The molecule has 0 amide bonds. The topological polar surface area (TPSA) is 97.6 Å². The first-order chi connectivity index (χ1) is 18.5. The van der Waals surface area contributed by atoms with Crippen LogP contribution in [-0.4, -0.2) is 34.4 Å². The van der Waals surface area contributed by atoms with Crippen molar-refractivity contribution in [3.05, 3.63) is 110 Å². The fourth-order valence-electron chi connectivity index (χ4n) is 6.60. The highest BCUT2D eigenvalue weighted by atomic mass is 35.5. The highest BCUT2D eigenvalue weighted by molar-refractivity contribution is 6.32. The predicted molar refractivity (Wildman–Crippen MR) is 148 cm³/mol. The van der Waals surface area contributed by atoms with Gasteiger partial charge in [0, 0.05) is 45.3 Å². The number of benzene rings is 3. The van der Waals surface area contributed by atoms with Crippen molar-refractivity contribution in [3.63, 3.8) is 0 Å². The van der Waals surface area contributed by atoms with Gasteiger partial charge >= 0.3 is 0 Å². The number of ketones is 3. The van der Waals surface area contributed by atoms with Crippen LogP contribution < -0.4 is 4.90 Å². The van der Waals surface area contributed by atoms with E-state index in [9.17, 15) is 24.5 Å². The van der Waals surface area contributed by atoms with E-state index in [1.807, 2.05) is 11.0 Å². The molecule has 1 aliphatic carbocycles. The number of nitro benzene ring substituents is 1. The minimum absolute atomic E-state index is 0.173. The first kappa shape index (κ1) is 25.2. The Hall–Kier alpha value is -4.10. The quantitative estimate of drug-likeness (QED) is 0.220. The molecule has 2 heterocycles. The SMILES string of the molecule is CC(C)(C)C(=O)[C@H]1[C@H](c2cccc([N+](=O)[O-])c2)C2(C(=O)c3ccccc3C2=O)[C@@H]2C=Cc3cc(Cl)ccc3N21. The Labute approximate surface area is 230 Å². The van der Waals surface area contributed by atoms with Crippen LogP contribution in [0.2, 0.25) is 5.02 Å². The van der Waals surface area contributed by atoms with Gasteiger partial charge in [-0.2, -0.15) is 0 Å². The highest BCUT2D eigenvalue weighted by Gasteiger charge is 2.72. The fourth-order valence-corrected chi connectivity index (χ4v) is 6.78. The van der Waals surface area contributed by atoms with E-state index in [-0.39, 0.29) is 23.0 Å². The molecular weight excluding hydrogens is 516 g/mol. The largest absolute Gasteiger partial charge is 0.352 e. The van der Waals surface area contributed by atoms with E-state index >= 15 is 0 Å². The molecular formula is C31H25ClN2O5. The van der Waals surface area contributed by atoms with Gasteiger partial charge in [-0.3, -0.25) is 24.5 Å². The Kier molecular flexibility index (Phi) is 5.46. The van der Waals surface area contributed by atoms with Crippen LogP contribution in [0.1, 0.15) is 58.5 Å². The minimum Gasteiger partial charge on any atom is -0.352 e. The second-order valence-electron chi connectivity index (χ2n) is 11.4. The van der Waals surface area contributed by atoms with Crippen molar-refractivity contribution in [2.45, 2.75) is 38.8 Å². The Balaban J connectivity index is 1.71. The average Bonchev–Trinajstić information content (AvgIpc) is 3.33. The third kappa shape index (κ3) is 3.39. The molecule has 39 heavy (non-hydrogen) atoms. The van der Waals surface area contributed by atoms with Crippen molar-refractivity contribution < 1.29 is 19.3 Å². The van der Waals surface area contributed by atoms with E-state index in [2.05, 4.69) is 0 Å². The first-order valence-corrected chi connectivity index (χ1v) is 13.1. The normalized spacial score (nSPS) is 22.6. The number of non-ortho nitro benzene ring substituents is 1. The molecule has 3 aromatic carbocycles. The number of carbonyl (C=O) groups is 3. The Bertz CT molecular complexity index is 1600. The van der Waals surface area contributed by atoms with Gasteiger partial charge in [0.1, 0.15) is 5.41 Å². The van der Waals surface area contributed by atoms with Gasteiger partial charge in [0.05, 0.1) is 17.0 Å². The third-order valence-corrected chi connectivity index (χ3v) is 8.45. The Morgan fingerprint density at radius 3 is 2.26 bits per heavy atom. The molecule has 2 aliphatic heterocycles. The van der Waals surface area contributed by atoms with Crippen LogP contribution in [0, 0.1) is 20.9 Å². The summed E-state index contributed by atoms with van der Waals surface area (Å²) in [5, 5.41) is 12.3. The number of anilines is 1. The predicted octanol–water partition coefficient (Wildman–Crippen LogP) is 6.30. The van der Waals surface area contributed by atoms with Crippen molar-refractivity contribution in [2.24, 2.45) is 10.8 Å². The summed E-state index contributed by atoms with van der Waals surface area (Å²) in [6, 6.07) is 16.2. The van der Waals surface area contributed by atoms with E-state index in [0.29, 0.717) is 27.4 Å². The van der Waals surface area contributed by atoms with Crippen LogP contribution in [0.15, 0.2) is 72.8 Å². The first-order valence-electron chi connectivity index (χ1n) is 12.7. The van der Waals surface area contributed by atoms with E-state index in [4.69, 9.17) is 11.6 Å². The maximum Gasteiger partial charge on any atom is 0.269 e. The molecule has 0 aromatic heterocycles. The van der Waals surface area contributed by atoms with Gasteiger partial charge in [0.25, 0.3) is 5.69 Å². The van der Waals surface area contributed by atoms with Gasteiger partial charge in [-0.1, -0.05) is 80.9 Å². The molecule has 0 bridgehead atoms. The molecule has 1 fully saturated rings. The monoisotopic (exact) mass is 540 g/mol. The molecule has 3 aromatic rings. The summed E-state index contributed by atoms with van der Waals surface area (Å²) in [6.45, 7) is 5.40. The lowest BCUT2D eigenvalue weighted by molar-refractivity contribution is -0.384. The van der Waals surface area contributed by atoms with Gasteiger partial charge in [-0.15, -0.1) is 0 Å². The van der Waals surface area contributed by atoms with Crippen molar-refractivity contribution in [1.82, 2.24) is 0 Å². The zero-order valence-corrected chi connectivity index (χ0v) is 22.3. The van der Waals surface area contributed by atoms with Gasteiger partial charge < -0.3 is 4.90 Å². The van der Waals surface area contributed by atoms with Crippen LogP contribution in [0.25, 0.3) is 6.08 Å². The van der Waals surface area contributed by atoms with Crippen LogP contribution in [-0.2, 0) is 4.79 Å². The smallest absolute Gasteiger partial charge is 0.269 e. The second-order valence-corrected chi connectivity index (χ2v) is 11.8. The number of carbonyl (C=O) groups excluding carboxylic acids is 3. The maximum atomic E-state index is 14.5. The number of Topliss-reactive ketones (excluding diaryl/α,β-unsaturated/α-hetero) is 3. The van der Waals surface area contributed by atoms with Crippen LogP contribution in [0.5, 0.6) is 0 Å². The highest BCUT2D eigenvalue weighted by Crippen LogP contribution is 2.61. The van der Waals surface area contributed by atoms with Crippen molar-refractivity contribution in [2.75, 3.05) is 4.90 Å². The molecule has 0 saturated carbocycles. The van der Waals surface area contributed by atoms with Crippen LogP contribution in [0.3, 0.4) is 0 Å². The summed E-state index contributed by atoms with van der Waals surface area (Å²) in [5.74, 6) is -1.90. The zero-order valence-electron chi connectivity index (χ0n) is 21.6. The molecule has 0 unspecified atom stereocenters. The molecule has 1 saturated heterocycles. The summed E-state index contributed by atoms with van der Waals surface area (Å²) in [6.07, 6.45) is 3.64. The Morgan fingerprint density at radius 1 is 0.974 bits per heavy atom. The van der Waals surface area contributed by atoms with E-state index in [1.54, 1.807) is 75.4 Å². The van der Waals surface area contributed by atoms with Gasteiger partial charge in [-0.25, -0.2) is 0 Å². The maximum absolute atomic E-state index is 14.5. The van der Waals surface area contributed by atoms with E-state index < -0.39 is 33.8 Å². The lowest BCUT2D eigenvalue weighted by Crippen LogP contribution is -2.49. The molecule has 196 valence electrons. The van der Waals surface area contributed by atoms with E-state index in [0.717, 1.165) is 5.56 Å². The zero-order chi connectivity index (χ0) is 27.9. The average molecular weight is 541 g/mol. The number of hydrogen-bond acceptors (Lipinski definition) is 6. The number of halogens is 1. The van der Waals surface area contributed by atoms with Gasteiger partial charge in [0.2, 0.25) is 0 Å². The minimum atomic E-state index is -1.70. The molecule has 0 radical (unpaired) electrons. The van der Waals surface area contributed by atoms with Crippen molar-refractivity contribution in [3.8, 4) is 0 Å². The number of fused-ring (bicyclic) bond motifs is 5. The number of nitrogens with zero attached hydrogens (tertiary/aromatic N) is 2. The van der Waals surface area contributed by atoms with Crippen LogP contribution in [0.4, 0.5) is 11.4 Å². The lowest BCUT2D eigenvalue weighted by Gasteiger charge is -2.38. The second kappa shape index (κ2) is 8.45. The fraction of sp³-hybridized carbons (Fsp3) is 0.258. The molecule has 3 atom stereocenters. The molecule has 1 spiro atoms. The van der Waals surface area contributed by atoms with Crippen LogP contribution >= 0.6 is 11.6 Å². The molecule has 8 heteroatoms. The summed E-state index contributed by atoms with van der Waals surface area (Å²) in [4.78, 5) is 56.6. The van der Waals surface area contributed by atoms with Crippen molar-refractivity contribution >= 4 is 46.4 Å². The van der Waals surface area contributed by atoms with E-state index in [1.165, 1.54) is 18.2 Å². The molecule has 0 N–H and O–H groups in total. The lowest BCUT2D eigenvalue weighted by atomic mass is 9.63. The van der Waals surface area contributed by atoms with Crippen molar-refractivity contribution in [1.29, 1.82) is 0 Å². The summed E-state index contributed by atoms with van der Waals surface area (Å²) in [7, 11) is 0. The number of nitro groups is 1. The number of hydrogen-bond donors (Lipinski definition) is 0. The summed E-state index contributed by atoms with van der Waals surface area (Å²) >= 11 is 6.30. The summed E-state index contributed by atoms with van der Waals surface area (Å²) in [5.41, 5.74) is -0.265. The molecule has 7 nitrogen and oxygen atoms in total. The molecule has 6 rings (SSSR count). The Morgan fingerprint density at radius 2 is 1.64 bits per heavy atom. The van der Waals surface area contributed by atoms with Gasteiger partial charge in [-0.05, 0) is 29.3 Å². The molecule has 3 aliphatic rings. The van der Waals surface area contributed by atoms with Gasteiger partial charge in [0.15, 0.2) is 17.3 Å². The summed E-state index contributed by atoms with van der Waals surface area (Å²) < 4.78 is 0. The standard InChI is InChI=1S/C31H25ClN2O5/c1-30(2,3)29(37)26-25(18-7-6-8-20(16-18)34(38)39)31(27(35)21-9-4-5-10-22(21)28(31)36)24-14-11-17-15-19(32)12-13-23(17)33(24)26/h4-16,24-26H,1-3H3/t24-,25-,26+/m0/s1. The number of rotatable bonds is 3.